The van der Waals surface area contributed by atoms with E-state index in [1.807, 2.05) is 43.6 Å². The molecule has 0 aliphatic rings. The molecule has 3 rings (SSSR count). The summed E-state index contributed by atoms with van der Waals surface area (Å²) in [5.41, 5.74) is 2.74. The van der Waals surface area contributed by atoms with Crippen molar-refractivity contribution in [2.75, 3.05) is 6.26 Å². The largest absolute Gasteiger partial charge is 0.313 e. The lowest BCUT2D eigenvalue weighted by atomic mass is 10.1. The van der Waals surface area contributed by atoms with Crippen LogP contribution in [0, 0.1) is 5.41 Å². The summed E-state index contributed by atoms with van der Waals surface area (Å²) >= 11 is 7.74. The van der Waals surface area contributed by atoms with Gasteiger partial charge in [-0.2, -0.15) is 0 Å². The zero-order valence-electron chi connectivity index (χ0n) is 11.6. The van der Waals surface area contributed by atoms with Gasteiger partial charge >= 0.3 is 0 Å². The standard InChI is InChI=1S/C15H13ClN4S/c1-20-13(17)11(10-5-3-4-6-12(10)16)7-9-8-18-15(21-2)19-14(9)20/h3-8,17H,1-2H3. The molecule has 3 aromatic rings. The first kappa shape index (κ1) is 14.1. The minimum absolute atomic E-state index is 0.376. The fraction of sp³-hybridized carbons (Fsp3) is 0.133. The second-order valence-electron chi connectivity index (χ2n) is 4.58. The van der Waals surface area contributed by atoms with Gasteiger partial charge in [-0.25, -0.2) is 9.97 Å². The molecule has 0 saturated carbocycles. The average molecular weight is 317 g/mol. The molecule has 2 aromatic heterocycles. The Kier molecular flexibility index (Phi) is 3.69. The van der Waals surface area contributed by atoms with Gasteiger partial charge in [-0.3, -0.25) is 5.41 Å². The first-order valence-electron chi connectivity index (χ1n) is 6.32. The van der Waals surface area contributed by atoms with E-state index in [0.29, 0.717) is 15.7 Å². The molecular weight excluding hydrogens is 304 g/mol. The van der Waals surface area contributed by atoms with Gasteiger partial charge in [0.05, 0.1) is 0 Å². The van der Waals surface area contributed by atoms with Crippen LogP contribution in [-0.4, -0.2) is 20.8 Å². The Balaban J connectivity index is 2.34. The summed E-state index contributed by atoms with van der Waals surface area (Å²) in [5.74, 6) is 0. The summed E-state index contributed by atoms with van der Waals surface area (Å²) in [6.07, 6.45) is 3.72. The van der Waals surface area contributed by atoms with Crippen molar-refractivity contribution in [2.45, 2.75) is 5.16 Å². The van der Waals surface area contributed by atoms with Crippen LogP contribution in [0.25, 0.3) is 22.2 Å². The SMILES string of the molecule is CSc1ncc2cc(-c3ccccc3Cl)c(=N)n(C)c2n1. The monoisotopic (exact) mass is 316 g/mol. The molecule has 0 saturated heterocycles. The molecule has 1 N–H and O–H groups in total. The molecule has 0 unspecified atom stereocenters. The maximum Gasteiger partial charge on any atom is 0.189 e. The van der Waals surface area contributed by atoms with Gasteiger partial charge in [0.2, 0.25) is 0 Å². The maximum atomic E-state index is 8.38. The van der Waals surface area contributed by atoms with E-state index in [-0.39, 0.29) is 0 Å². The molecule has 6 heteroatoms. The van der Waals surface area contributed by atoms with E-state index in [4.69, 9.17) is 17.0 Å². The number of rotatable bonds is 2. The molecule has 1 aromatic carbocycles. The van der Waals surface area contributed by atoms with Crippen molar-refractivity contribution in [3.05, 3.63) is 47.0 Å². The average Bonchev–Trinajstić information content (AvgIpc) is 2.51. The second-order valence-corrected chi connectivity index (χ2v) is 5.76. The summed E-state index contributed by atoms with van der Waals surface area (Å²) < 4.78 is 1.76. The number of pyridine rings is 1. The lowest BCUT2D eigenvalue weighted by molar-refractivity contribution is 0.826. The van der Waals surface area contributed by atoms with Crippen molar-refractivity contribution in [3.8, 4) is 11.1 Å². The predicted octanol–water partition coefficient (Wildman–Crippen LogP) is 3.49. The van der Waals surface area contributed by atoms with E-state index >= 15 is 0 Å². The summed E-state index contributed by atoms with van der Waals surface area (Å²) in [7, 11) is 1.84. The lowest BCUT2D eigenvalue weighted by Crippen LogP contribution is -2.20. The van der Waals surface area contributed by atoms with Gasteiger partial charge < -0.3 is 4.57 Å². The number of aromatic nitrogens is 3. The molecular formula is C15H13ClN4S. The fourth-order valence-electron chi connectivity index (χ4n) is 2.23. The number of nitrogens with zero attached hydrogens (tertiary/aromatic N) is 3. The van der Waals surface area contributed by atoms with Crippen LogP contribution in [0.5, 0.6) is 0 Å². The Labute approximate surface area is 131 Å². The first-order valence-corrected chi connectivity index (χ1v) is 7.92. The summed E-state index contributed by atoms with van der Waals surface area (Å²) in [4.78, 5) is 8.77. The Hall–Kier alpha value is -1.85. The van der Waals surface area contributed by atoms with Crippen LogP contribution in [-0.2, 0) is 7.05 Å². The number of halogens is 1. The number of thioether (sulfide) groups is 1. The number of benzene rings is 1. The quantitative estimate of drug-likeness (QED) is 0.581. The minimum Gasteiger partial charge on any atom is -0.313 e. The normalized spacial score (nSPS) is 11.0. The van der Waals surface area contributed by atoms with Crippen molar-refractivity contribution in [2.24, 2.45) is 7.05 Å². The fourth-order valence-corrected chi connectivity index (χ4v) is 2.80. The third-order valence-electron chi connectivity index (χ3n) is 3.33. The van der Waals surface area contributed by atoms with E-state index < -0.39 is 0 Å². The van der Waals surface area contributed by atoms with E-state index in [1.54, 1.807) is 10.8 Å². The molecule has 0 spiro atoms. The zero-order valence-corrected chi connectivity index (χ0v) is 13.2. The summed E-state index contributed by atoms with van der Waals surface area (Å²) in [5, 5.41) is 10.6. The van der Waals surface area contributed by atoms with Gasteiger partial charge in [0, 0.05) is 34.8 Å². The number of hydrogen-bond acceptors (Lipinski definition) is 4. The van der Waals surface area contributed by atoms with Crippen molar-refractivity contribution >= 4 is 34.4 Å². The van der Waals surface area contributed by atoms with Gasteiger partial charge in [-0.05, 0) is 18.4 Å². The van der Waals surface area contributed by atoms with Crippen LogP contribution in [0.3, 0.4) is 0 Å². The third-order valence-corrected chi connectivity index (χ3v) is 4.22. The highest BCUT2D eigenvalue weighted by molar-refractivity contribution is 7.98. The Bertz CT molecular complexity index is 888. The third kappa shape index (κ3) is 2.43. The van der Waals surface area contributed by atoms with Gasteiger partial charge in [0.1, 0.15) is 11.1 Å². The van der Waals surface area contributed by atoms with Gasteiger partial charge in [-0.1, -0.05) is 41.6 Å². The van der Waals surface area contributed by atoms with E-state index in [9.17, 15) is 0 Å². The predicted molar refractivity (Wildman–Crippen MR) is 86.6 cm³/mol. The van der Waals surface area contributed by atoms with Gasteiger partial charge in [0.15, 0.2) is 5.16 Å². The highest BCUT2D eigenvalue weighted by atomic mass is 35.5. The summed E-state index contributed by atoms with van der Waals surface area (Å²) in [6, 6.07) is 9.46. The number of fused-ring (bicyclic) bond motifs is 1. The Morgan fingerprint density at radius 1 is 1.24 bits per heavy atom. The van der Waals surface area contributed by atoms with Crippen LogP contribution < -0.4 is 5.49 Å². The first-order chi connectivity index (χ1) is 10.1. The van der Waals surface area contributed by atoms with Crippen molar-refractivity contribution in [3.63, 3.8) is 0 Å². The highest BCUT2D eigenvalue weighted by Gasteiger charge is 2.11. The van der Waals surface area contributed by atoms with E-state index in [0.717, 1.165) is 22.2 Å². The van der Waals surface area contributed by atoms with Gasteiger partial charge in [0.25, 0.3) is 0 Å². The topological polar surface area (TPSA) is 54.6 Å². The highest BCUT2D eigenvalue weighted by Crippen LogP contribution is 2.27. The molecule has 0 amide bonds. The molecule has 2 heterocycles. The van der Waals surface area contributed by atoms with Gasteiger partial charge in [-0.15, -0.1) is 0 Å². The number of nitrogens with one attached hydrogen (secondary N) is 1. The van der Waals surface area contributed by atoms with Crippen LogP contribution >= 0.6 is 23.4 Å². The van der Waals surface area contributed by atoms with Crippen LogP contribution in [0.15, 0.2) is 41.7 Å². The molecule has 4 nitrogen and oxygen atoms in total. The van der Waals surface area contributed by atoms with Crippen LogP contribution in [0.4, 0.5) is 0 Å². The Morgan fingerprint density at radius 3 is 2.71 bits per heavy atom. The van der Waals surface area contributed by atoms with Crippen molar-refractivity contribution < 1.29 is 0 Å². The maximum absolute atomic E-state index is 8.38. The second kappa shape index (κ2) is 5.50. The zero-order chi connectivity index (χ0) is 15.0. The number of hydrogen-bond donors (Lipinski definition) is 1. The Morgan fingerprint density at radius 2 is 2.00 bits per heavy atom. The molecule has 0 fully saturated rings. The van der Waals surface area contributed by atoms with Crippen molar-refractivity contribution in [1.29, 1.82) is 5.41 Å². The molecule has 0 atom stereocenters. The summed E-state index contributed by atoms with van der Waals surface area (Å²) in [6.45, 7) is 0. The van der Waals surface area contributed by atoms with E-state index in [2.05, 4.69) is 9.97 Å². The van der Waals surface area contributed by atoms with Crippen LogP contribution in [0.1, 0.15) is 0 Å². The molecule has 0 aliphatic heterocycles. The molecule has 21 heavy (non-hydrogen) atoms. The molecule has 0 aliphatic carbocycles. The number of aryl methyl sites for hydroxylation is 1. The lowest BCUT2D eigenvalue weighted by Gasteiger charge is -2.11. The smallest absolute Gasteiger partial charge is 0.189 e. The van der Waals surface area contributed by atoms with Crippen molar-refractivity contribution in [1.82, 2.24) is 14.5 Å². The molecule has 106 valence electrons. The molecule has 0 radical (unpaired) electrons. The minimum atomic E-state index is 0.376. The molecule has 0 bridgehead atoms. The van der Waals surface area contributed by atoms with Crippen LogP contribution in [0.2, 0.25) is 5.02 Å². The van der Waals surface area contributed by atoms with E-state index in [1.165, 1.54) is 11.8 Å².